The van der Waals surface area contributed by atoms with E-state index in [1.807, 2.05) is 4.90 Å². The van der Waals surface area contributed by atoms with Gasteiger partial charge in [-0.3, -0.25) is 14.7 Å². The number of morpholine rings is 1. The number of nitrogens with one attached hydrogen (secondary N) is 1. The second kappa shape index (κ2) is 10.9. The maximum absolute atomic E-state index is 13.0. The van der Waals surface area contributed by atoms with Gasteiger partial charge in [-0.1, -0.05) is 19.9 Å². The first kappa shape index (κ1) is 25.9. The number of fused-ring (bicyclic) bond motifs is 1. The van der Waals surface area contributed by atoms with Crippen molar-refractivity contribution in [1.29, 1.82) is 0 Å². The van der Waals surface area contributed by atoms with E-state index in [1.54, 1.807) is 0 Å². The van der Waals surface area contributed by atoms with E-state index in [0.29, 0.717) is 38.1 Å². The molecule has 2 fully saturated rings. The first-order valence-corrected chi connectivity index (χ1v) is 13.7. The molecular formula is C30H40N4O3. The van der Waals surface area contributed by atoms with Gasteiger partial charge in [-0.2, -0.15) is 0 Å². The van der Waals surface area contributed by atoms with E-state index in [1.165, 1.54) is 33.3 Å². The lowest BCUT2D eigenvalue weighted by molar-refractivity contribution is -0.136. The van der Waals surface area contributed by atoms with E-state index >= 15 is 0 Å². The van der Waals surface area contributed by atoms with Gasteiger partial charge in [0, 0.05) is 47.5 Å². The molecule has 198 valence electrons. The average molecular weight is 505 g/mol. The van der Waals surface area contributed by atoms with E-state index in [4.69, 9.17) is 4.74 Å². The predicted octanol–water partition coefficient (Wildman–Crippen LogP) is 4.37. The molecule has 37 heavy (non-hydrogen) atoms. The molecule has 1 amide bonds. The van der Waals surface area contributed by atoms with Gasteiger partial charge in [0.2, 0.25) is 5.91 Å². The number of aromatic nitrogens is 2. The molecule has 2 aliphatic heterocycles. The number of amides is 1. The number of aliphatic hydroxyl groups excluding tert-OH is 1. The minimum Gasteiger partial charge on any atom is -0.395 e. The number of hydrogen-bond acceptors (Lipinski definition) is 5. The van der Waals surface area contributed by atoms with E-state index in [2.05, 4.69) is 72.9 Å². The van der Waals surface area contributed by atoms with Gasteiger partial charge in [0.15, 0.2) is 0 Å². The molecule has 3 aromatic rings. The van der Waals surface area contributed by atoms with Gasteiger partial charge in [0.05, 0.1) is 38.1 Å². The zero-order chi connectivity index (χ0) is 26.1. The molecule has 0 unspecified atom stereocenters. The highest BCUT2D eigenvalue weighted by molar-refractivity contribution is 5.92. The quantitative estimate of drug-likeness (QED) is 0.521. The average Bonchev–Trinajstić information content (AvgIpc) is 3.28. The third-order valence-corrected chi connectivity index (χ3v) is 8.03. The van der Waals surface area contributed by atoms with Gasteiger partial charge >= 0.3 is 0 Å². The van der Waals surface area contributed by atoms with Crippen LogP contribution in [0.5, 0.6) is 0 Å². The van der Waals surface area contributed by atoms with Crippen molar-refractivity contribution in [2.45, 2.75) is 58.4 Å². The van der Waals surface area contributed by atoms with Crippen LogP contribution in [0.1, 0.15) is 61.0 Å². The van der Waals surface area contributed by atoms with Crippen molar-refractivity contribution >= 4 is 16.8 Å². The zero-order valence-electron chi connectivity index (χ0n) is 22.6. The van der Waals surface area contributed by atoms with Crippen molar-refractivity contribution < 1.29 is 14.6 Å². The van der Waals surface area contributed by atoms with Gasteiger partial charge in [-0.05, 0) is 73.9 Å². The molecule has 0 aliphatic carbocycles. The molecule has 2 saturated heterocycles. The number of carbonyl (C=O) groups is 1. The number of nitrogens with zero attached hydrogens (tertiary/aromatic N) is 3. The molecule has 2 aromatic heterocycles. The number of carbonyl (C=O) groups excluding carboxylic acids is 1. The number of ether oxygens (including phenoxy) is 1. The summed E-state index contributed by atoms with van der Waals surface area (Å²) in [6, 6.07) is 11.1. The number of pyridine rings is 1. The Balaban J connectivity index is 1.32. The Morgan fingerprint density at radius 1 is 1.14 bits per heavy atom. The number of rotatable bonds is 6. The minimum absolute atomic E-state index is 0.0252. The van der Waals surface area contributed by atoms with Gasteiger partial charge in [0.1, 0.15) is 0 Å². The van der Waals surface area contributed by atoms with E-state index in [9.17, 15) is 9.90 Å². The number of H-pyrrole nitrogens is 1. The molecule has 1 aromatic carbocycles. The number of aryl methyl sites for hydroxylation is 2. The summed E-state index contributed by atoms with van der Waals surface area (Å²) in [5, 5.41) is 10.9. The summed E-state index contributed by atoms with van der Waals surface area (Å²) in [7, 11) is 0. The number of piperidine rings is 1. The van der Waals surface area contributed by atoms with Crippen molar-refractivity contribution in [1.82, 2.24) is 19.8 Å². The summed E-state index contributed by atoms with van der Waals surface area (Å²) in [5.74, 6) is 0.996. The van der Waals surface area contributed by atoms with Crippen LogP contribution in [0.4, 0.5) is 0 Å². The molecule has 1 atom stereocenters. The largest absolute Gasteiger partial charge is 0.395 e. The van der Waals surface area contributed by atoms with Crippen LogP contribution in [0.2, 0.25) is 0 Å². The Kier molecular flexibility index (Phi) is 7.65. The van der Waals surface area contributed by atoms with Crippen LogP contribution in [0.15, 0.2) is 30.3 Å². The summed E-state index contributed by atoms with van der Waals surface area (Å²) in [5.41, 5.74) is 8.35. The Bertz CT molecular complexity index is 1240. The summed E-state index contributed by atoms with van der Waals surface area (Å²) in [4.78, 5) is 25.3. The predicted molar refractivity (Wildman–Crippen MR) is 147 cm³/mol. The van der Waals surface area contributed by atoms with Gasteiger partial charge in [0.25, 0.3) is 0 Å². The lowest BCUT2D eigenvalue weighted by atomic mass is 9.87. The molecule has 0 spiro atoms. The molecule has 2 aliphatic rings. The lowest BCUT2D eigenvalue weighted by Gasteiger charge is -2.37. The third kappa shape index (κ3) is 5.44. The van der Waals surface area contributed by atoms with Crippen molar-refractivity contribution in [3.05, 3.63) is 52.8 Å². The molecule has 2 N–H and O–H groups in total. The summed E-state index contributed by atoms with van der Waals surface area (Å²) in [6.45, 7) is 12.4. The van der Waals surface area contributed by atoms with Crippen LogP contribution in [-0.4, -0.2) is 82.8 Å². The van der Waals surface area contributed by atoms with Crippen molar-refractivity contribution in [3.63, 3.8) is 0 Å². The van der Waals surface area contributed by atoms with Crippen LogP contribution < -0.4 is 0 Å². The fourth-order valence-corrected chi connectivity index (χ4v) is 6.09. The smallest absolute Gasteiger partial charge is 0.236 e. The highest BCUT2D eigenvalue weighted by Crippen LogP contribution is 2.38. The molecule has 5 rings (SSSR count). The summed E-state index contributed by atoms with van der Waals surface area (Å²) in [6.07, 6.45) is 1.95. The third-order valence-electron chi connectivity index (χ3n) is 8.03. The SMILES string of the molecule is Cc1cc(-c2[nH]c3ccc(C4CCN(C(=O)CN5CCOC[C@H]5CO)CC4)cc3c2C(C)C)cc(C)n1. The van der Waals surface area contributed by atoms with E-state index < -0.39 is 0 Å². The van der Waals surface area contributed by atoms with Crippen LogP contribution in [0.25, 0.3) is 22.2 Å². The van der Waals surface area contributed by atoms with Crippen LogP contribution in [0, 0.1) is 13.8 Å². The molecular weight excluding hydrogens is 464 g/mol. The van der Waals surface area contributed by atoms with E-state index in [0.717, 1.165) is 37.3 Å². The molecule has 0 saturated carbocycles. The summed E-state index contributed by atoms with van der Waals surface area (Å²) < 4.78 is 5.45. The summed E-state index contributed by atoms with van der Waals surface area (Å²) >= 11 is 0. The van der Waals surface area contributed by atoms with Crippen molar-refractivity contribution in [3.8, 4) is 11.3 Å². The molecule has 0 radical (unpaired) electrons. The number of likely N-dealkylation sites (tertiary alicyclic amines) is 1. The van der Waals surface area contributed by atoms with Crippen molar-refractivity contribution in [2.75, 3.05) is 46.0 Å². The first-order valence-electron chi connectivity index (χ1n) is 13.7. The molecule has 7 heteroatoms. The Morgan fingerprint density at radius 3 is 2.54 bits per heavy atom. The molecule has 4 heterocycles. The monoisotopic (exact) mass is 504 g/mol. The fourth-order valence-electron chi connectivity index (χ4n) is 6.09. The Labute approximate surface area is 219 Å². The van der Waals surface area contributed by atoms with Gasteiger partial charge in [-0.15, -0.1) is 0 Å². The highest BCUT2D eigenvalue weighted by atomic mass is 16.5. The maximum atomic E-state index is 13.0. The number of hydrogen-bond donors (Lipinski definition) is 2. The Morgan fingerprint density at radius 2 is 1.86 bits per heavy atom. The highest BCUT2D eigenvalue weighted by Gasteiger charge is 2.29. The van der Waals surface area contributed by atoms with Gasteiger partial charge in [-0.25, -0.2) is 0 Å². The molecule has 7 nitrogen and oxygen atoms in total. The first-order chi connectivity index (χ1) is 17.8. The normalized spacial score (nSPS) is 19.7. The van der Waals surface area contributed by atoms with Crippen LogP contribution in [-0.2, 0) is 9.53 Å². The number of benzene rings is 1. The fraction of sp³-hybridized carbons (Fsp3) is 0.533. The topological polar surface area (TPSA) is 81.7 Å². The standard InChI is InChI=1S/C30H40N4O3/c1-19(2)29-26-15-23(5-6-27(26)32-30(29)24-13-20(3)31-21(4)14-24)22-7-9-33(10-8-22)28(36)16-34-11-12-37-18-25(34)17-35/h5-6,13-15,19,22,25,32,35H,7-12,16-18H2,1-4H3/t25-/m1/s1. The van der Waals surface area contributed by atoms with Crippen LogP contribution >= 0.6 is 0 Å². The minimum atomic E-state index is -0.0802. The lowest BCUT2D eigenvalue weighted by Crippen LogP contribution is -2.52. The second-order valence-electron chi connectivity index (χ2n) is 11.0. The van der Waals surface area contributed by atoms with E-state index in [-0.39, 0.29) is 18.6 Å². The van der Waals surface area contributed by atoms with Crippen LogP contribution in [0.3, 0.4) is 0 Å². The maximum Gasteiger partial charge on any atom is 0.236 e. The second-order valence-corrected chi connectivity index (χ2v) is 11.0. The molecule has 0 bridgehead atoms. The Hall–Kier alpha value is -2.74. The van der Waals surface area contributed by atoms with Gasteiger partial charge < -0.3 is 19.7 Å². The number of aliphatic hydroxyl groups is 1. The van der Waals surface area contributed by atoms with Crippen molar-refractivity contribution in [2.24, 2.45) is 0 Å². The number of aromatic amines is 1. The zero-order valence-corrected chi connectivity index (χ0v) is 22.6.